The molecule has 4 saturated carbocycles. The molecular formula is C35H38N8O2S2. The number of nitrogens with zero attached hydrogens (tertiary/aromatic N) is 7. The molecule has 0 amide bonds. The van der Waals surface area contributed by atoms with Gasteiger partial charge in [0, 0.05) is 35.5 Å². The number of rotatable bonds is 8. The number of ether oxygens (including phenoxy) is 1. The molecule has 0 radical (unpaired) electrons. The summed E-state index contributed by atoms with van der Waals surface area (Å²) in [4.78, 5) is 25.8. The smallest absolute Gasteiger partial charge is 0.358 e. The highest BCUT2D eigenvalue weighted by Gasteiger charge is 2.51. The van der Waals surface area contributed by atoms with E-state index in [2.05, 4.69) is 45.0 Å². The molecule has 4 bridgehead atoms. The minimum atomic E-state index is -0.407. The second-order valence-corrected chi connectivity index (χ2v) is 16.1. The topological polar surface area (TPSA) is 111 Å². The number of carbonyl (C=O) groups excluding carboxylic acids is 1. The molecule has 0 saturated heterocycles. The molecule has 12 heteroatoms. The van der Waals surface area contributed by atoms with Crippen LogP contribution in [0.2, 0.25) is 0 Å². The van der Waals surface area contributed by atoms with Crippen LogP contribution in [0.1, 0.15) is 72.8 Å². The van der Waals surface area contributed by atoms with Crippen LogP contribution in [0.25, 0.3) is 20.7 Å². The molecule has 4 aliphatic carbocycles. The van der Waals surface area contributed by atoms with E-state index in [1.165, 1.54) is 49.9 Å². The lowest BCUT2D eigenvalue weighted by atomic mass is 9.49. The van der Waals surface area contributed by atoms with Crippen molar-refractivity contribution in [3.05, 3.63) is 53.0 Å². The number of carbonyl (C=O) groups is 1. The molecule has 47 heavy (non-hydrogen) atoms. The molecule has 242 valence electrons. The Kier molecular flexibility index (Phi) is 6.90. The zero-order chi connectivity index (χ0) is 31.9. The third-order valence-corrected chi connectivity index (χ3v) is 13.1. The molecule has 5 aliphatic rings. The van der Waals surface area contributed by atoms with Gasteiger partial charge in [0.25, 0.3) is 0 Å². The Bertz CT molecular complexity index is 1960. The Morgan fingerprint density at radius 2 is 1.81 bits per heavy atom. The summed E-state index contributed by atoms with van der Waals surface area (Å²) in [6.07, 6.45) is 11.0. The molecule has 4 fully saturated rings. The quantitative estimate of drug-likeness (QED) is 0.166. The number of thiazole rings is 2. The summed E-state index contributed by atoms with van der Waals surface area (Å²) in [5.41, 5.74) is 5.88. The molecule has 0 atom stereocenters. The summed E-state index contributed by atoms with van der Waals surface area (Å²) in [6.45, 7) is 7.99. The first-order chi connectivity index (χ1) is 22.9. The monoisotopic (exact) mass is 666 g/mol. The number of hydrogen-bond acceptors (Lipinski definition) is 11. The van der Waals surface area contributed by atoms with Gasteiger partial charge in [-0.25, -0.2) is 14.8 Å². The van der Waals surface area contributed by atoms with E-state index in [0.717, 1.165) is 84.3 Å². The van der Waals surface area contributed by atoms with Crippen LogP contribution in [-0.2, 0) is 17.7 Å². The third-order valence-electron chi connectivity index (χ3n) is 11.0. The average Bonchev–Trinajstić information content (AvgIpc) is 3.83. The number of nitrogens with one attached hydrogen (secondary N) is 1. The second kappa shape index (κ2) is 11.1. The van der Waals surface area contributed by atoms with E-state index < -0.39 is 5.97 Å². The van der Waals surface area contributed by atoms with Crippen LogP contribution >= 0.6 is 22.7 Å². The van der Waals surface area contributed by atoms with E-state index in [4.69, 9.17) is 19.8 Å². The maximum absolute atomic E-state index is 13.3. The van der Waals surface area contributed by atoms with Crippen LogP contribution in [0.15, 0.2) is 30.5 Å². The highest BCUT2D eigenvalue weighted by molar-refractivity contribution is 7.22. The standard InChI is InChI=1S/C35H38N8O2S2/c1-4-45-32(44)28-29(25-17-36-43(20(25)3)18-35-14-21-11-22(15-35)13-23(12-21)16-35)47-34(38-28)42-10-9-24-19(2)30(40-41-31(24)42)39-33-37-26-7-5-6-8-27(26)46-33/h5-8,17,21-23H,4,9-16,18H2,1-3H3,(H,37,39,40). The Hall–Kier alpha value is -3.90. The molecule has 0 spiro atoms. The van der Waals surface area contributed by atoms with Crippen molar-refractivity contribution < 1.29 is 9.53 Å². The number of anilines is 4. The molecule has 4 aromatic heterocycles. The SMILES string of the molecule is CCOC(=O)c1nc(N2CCc3c2nnc(Nc2nc4ccccc4s2)c3C)sc1-c1cnn(CC23CC4CC(CC(C4)C2)C3)c1C. The second-order valence-electron chi connectivity index (χ2n) is 14.1. The molecular weight excluding hydrogens is 629 g/mol. The molecule has 10 nitrogen and oxygen atoms in total. The first kappa shape index (κ1) is 29.3. The van der Waals surface area contributed by atoms with Gasteiger partial charge < -0.3 is 15.0 Å². The fraction of sp³-hybridized carbons (Fsp3) is 0.486. The zero-order valence-corrected chi connectivity index (χ0v) is 28.6. The van der Waals surface area contributed by atoms with Crippen molar-refractivity contribution in [2.24, 2.45) is 23.2 Å². The van der Waals surface area contributed by atoms with Crippen molar-refractivity contribution in [1.29, 1.82) is 0 Å². The predicted molar refractivity (Wildman–Crippen MR) is 185 cm³/mol. The number of hydrogen-bond donors (Lipinski definition) is 1. The summed E-state index contributed by atoms with van der Waals surface area (Å²) in [5, 5.41) is 19.1. The van der Waals surface area contributed by atoms with Gasteiger partial charge in [-0.2, -0.15) is 5.10 Å². The average molecular weight is 667 g/mol. The van der Waals surface area contributed by atoms with Crippen molar-refractivity contribution in [3.8, 4) is 10.4 Å². The van der Waals surface area contributed by atoms with Gasteiger partial charge in [-0.1, -0.05) is 34.8 Å². The van der Waals surface area contributed by atoms with E-state index in [0.29, 0.717) is 23.5 Å². The Labute approximate surface area is 281 Å². The lowest BCUT2D eigenvalue weighted by Gasteiger charge is -2.56. The minimum absolute atomic E-state index is 0.289. The highest BCUT2D eigenvalue weighted by Crippen LogP contribution is 2.60. The summed E-state index contributed by atoms with van der Waals surface area (Å²) >= 11 is 3.11. The largest absolute Gasteiger partial charge is 0.461 e. The van der Waals surface area contributed by atoms with Gasteiger partial charge in [-0.05, 0) is 101 Å². The molecule has 0 unspecified atom stereocenters. The van der Waals surface area contributed by atoms with Crippen molar-refractivity contribution >= 4 is 60.8 Å². The zero-order valence-electron chi connectivity index (χ0n) is 27.0. The Balaban J connectivity index is 1.02. The number of para-hydroxylation sites is 1. The first-order valence-corrected chi connectivity index (χ1v) is 18.5. The maximum atomic E-state index is 13.3. The molecule has 1 aromatic carbocycles. The van der Waals surface area contributed by atoms with E-state index in [1.807, 2.05) is 31.3 Å². The molecule has 10 rings (SSSR count). The van der Waals surface area contributed by atoms with Gasteiger partial charge in [0.1, 0.15) is 0 Å². The lowest BCUT2D eigenvalue weighted by Crippen LogP contribution is -2.48. The van der Waals surface area contributed by atoms with Crippen LogP contribution in [0, 0.1) is 37.0 Å². The van der Waals surface area contributed by atoms with Crippen molar-refractivity contribution in [3.63, 3.8) is 0 Å². The normalized spacial score (nSPS) is 24.3. The number of benzene rings is 1. The van der Waals surface area contributed by atoms with Gasteiger partial charge in [0.05, 0.1) is 27.9 Å². The van der Waals surface area contributed by atoms with Crippen molar-refractivity contribution in [2.45, 2.75) is 72.3 Å². The summed E-state index contributed by atoms with van der Waals surface area (Å²) < 4.78 is 8.83. The van der Waals surface area contributed by atoms with Gasteiger partial charge in [-0.3, -0.25) is 4.68 Å². The molecule has 5 heterocycles. The molecule has 5 aromatic rings. The van der Waals surface area contributed by atoms with Crippen LogP contribution in [-0.4, -0.2) is 49.1 Å². The summed E-state index contributed by atoms with van der Waals surface area (Å²) in [5.74, 6) is 3.76. The Morgan fingerprint density at radius 3 is 2.55 bits per heavy atom. The van der Waals surface area contributed by atoms with Gasteiger partial charge in [0.15, 0.2) is 27.6 Å². The van der Waals surface area contributed by atoms with Crippen LogP contribution in [0.5, 0.6) is 0 Å². The fourth-order valence-corrected chi connectivity index (χ4v) is 11.3. The summed E-state index contributed by atoms with van der Waals surface area (Å²) in [6, 6.07) is 8.10. The molecule has 1 aliphatic heterocycles. The number of fused-ring (bicyclic) bond motifs is 2. The van der Waals surface area contributed by atoms with E-state index >= 15 is 0 Å². The predicted octanol–water partition coefficient (Wildman–Crippen LogP) is 7.85. The van der Waals surface area contributed by atoms with Crippen molar-refractivity contribution in [1.82, 2.24) is 29.9 Å². The summed E-state index contributed by atoms with van der Waals surface area (Å²) in [7, 11) is 0. The van der Waals surface area contributed by atoms with E-state index in [9.17, 15) is 4.79 Å². The van der Waals surface area contributed by atoms with E-state index in [-0.39, 0.29) is 6.61 Å². The lowest BCUT2D eigenvalue weighted by molar-refractivity contribution is -0.0638. The Morgan fingerprint density at radius 1 is 1.04 bits per heavy atom. The number of aromatic nitrogens is 6. The molecule has 1 N–H and O–H groups in total. The number of esters is 1. The van der Waals surface area contributed by atoms with Gasteiger partial charge in [-0.15, -0.1) is 10.2 Å². The maximum Gasteiger partial charge on any atom is 0.358 e. The van der Waals surface area contributed by atoms with Crippen molar-refractivity contribution in [2.75, 3.05) is 23.4 Å². The van der Waals surface area contributed by atoms with Gasteiger partial charge in [0.2, 0.25) is 0 Å². The van der Waals surface area contributed by atoms with Crippen LogP contribution in [0.3, 0.4) is 0 Å². The minimum Gasteiger partial charge on any atom is -0.461 e. The highest BCUT2D eigenvalue weighted by atomic mass is 32.1. The van der Waals surface area contributed by atoms with E-state index in [1.54, 1.807) is 11.3 Å². The fourth-order valence-electron chi connectivity index (χ4n) is 9.30. The first-order valence-electron chi connectivity index (χ1n) is 16.8. The van der Waals surface area contributed by atoms with Crippen LogP contribution in [0.4, 0.5) is 21.9 Å². The van der Waals surface area contributed by atoms with Gasteiger partial charge >= 0.3 is 5.97 Å². The third kappa shape index (κ3) is 4.94. The van der Waals surface area contributed by atoms with Crippen LogP contribution < -0.4 is 10.2 Å².